The molecule has 0 N–H and O–H groups in total. The lowest BCUT2D eigenvalue weighted by atomic mass is 10.1. The summed E-state index contributed by atoms with van der Waals surface area (Å²) in [5.74, 6) is 0.0229. The van der Waals surface area contributed by atoms with E-state index in [1.165, 1.54) is 7.11 Å². The lowest BCUT2D eigenvalue weighted by molar-refractivity contribution is 0.0598. The first kappa shape index (κ1) is 16.0. The van der Waals surface area contributed by atoms with Crippen LogP contribution in [0.2, 0.25) is 0 Å². The normalized spacial score (nSPS) is 14.8. The number of rotatable bonds is 6. The molecule has 1 fully saturated rings. The van der Waals surface area contributed by atoms with Crippen LogP contribution in [0.4, 0.5) is 0 Å². The van der Waals surface area contributed by atoms with Crippen molar-refractivity contribution in [3.8, 4) is 6.07 Å². The van der Waals surface area contributed by atoms with Crippen LogP contribution >= 0.6 is 0 Å². The van der Waals surface area contributed by atoms with Gasteiger partial charge in [0.1, 0.15) is 0 Å². The summed E-state index contributed by atoms with van der Waals surface area (Å²) in [6, 6.07) is 8.67. The van der Waals surface area contributed by atoms with Gasteiger partial charge in [0.05, 0.1) is 25.2 Å². The highest BCUT2D eigenvalue weighted by molar-refractivity contribution is 5.96. The molecule has 116 valence electrons. The number of benzene rings is 1. The molecule has 0 spiro atoms. The van der Waals surface area contributed by atoms with E-state index in [2.05, 4.69) is 10.8 Å². The fraction of sp³-hybridized carbons (Fsp3) is 0.471. The van der Waals surface area contributed by atoms with Gasteiger partial charge in [-0.1, -0.05) is 0 Å². The Kier molecular flexibility index (Phi) is 5.16. The molecular formula is C17H20N2O3. The van der Waals surface area contributed by atoms with E-state index in [9.17, 15) is 9.59 Å². The number of nitrogens with zero attached hydrogens (tertiary/aromatic N) is 2. The molecule has 0 aromatic heterocycles. The van der Waals surface area contributed by atoms with Crippen molar-refractivity contribution in [1.82, 2.24) is 4.90 Å². The molecule has 1 aliphatic rings. The second-order valence-electron chi connectivity index (χ2n) is 5.55. The van der Waals surface area contributed by atoms with E-state index in [1.54, 1.807) is 29.2 Å². The van der Waals surface area contributed by atoms with Gasteiger partial charge in [0.25, 0.3) is 5.91 Å². The third-order valence-corrected chi connectivity index (χ3v) is 4.07. The van der Waals surface area contributed by atoms with Crippen molar-refractivity contribution >= 4 is 11.9 Å². The molecule has 1 amide bonds. The fourth-order valence-electron chi connectivity index (χ4n) is 2.53. The minimum absolute atomic E-state index is 0.0916. The molecule has 1 saturated carbocycles. The zero-order valence-electron chi connectivity index (χ0n) is 12.9. The van der Waals surface area contributed by atoms with Gasteiger partial charge in [-0.3, -0.25) is 4.79 Å². The molecule has 0 unspecified atom stereocenters. The third kappa shape index (κ3) is 3.64. The highest BCUT2D eigenvalue weighted by Crippen LogP contribution is 2.35. The molecule has 0 saturated heterocycles. The number of nitriles is 1. The molecule has 0 radical (unpaired) electrons. The fourth-order valence-corrected chi connectivity index (χ4v) is 2.53. The SMILES string of the molecule is COC(=O)c1ccc(C(=O)N(CCC#N)[C@@H](C)C2CC2)cc1. The molecule has 22 heavy (non-hydrogen) atoms. The summed E-state index contributed by atoms with van der Waals surface area (Å²) in [7, 11) is 1.32. The molecule has 1 aromatic rings. The molecule has 5 heteroatoms. The number of methoxy groups -OCH3 is 1. The van der Waals surface area contributed by atoms with E-state index in [0.29, 0.717) is 30.0 Å². The number of hydrogen-bond donors (Lipinski definition) is 0. The zero-order valence-corrected chi connectivity index (χ0v) is 12.9. The number of amides is 1. The number of esters is 1. The summed E-state index contributed by atoms with van der Waals surface area (Å²) in [6.45, 7) is 2.47. The highest BCUT2D eigenvalue weighted by atomic mass is 16.5. The largest absolute Gasteiger partial charge is 0.465 e. The van der Waals surface area contributed by atoms with E-state index >= 15 is 0 Å². The summed E-state index contributed by atoms with van der Waals surface area (Å²) in [5.41, 5.74) is 0.941. The van der Waals surface area contributed by atoms with Crippen LogP contribution in [0.5, 0.6) is 0 Å². The van der Waals surface area contributed by atoms with Gasteiger partial charge in [-0.15, -0.1) is 0 Å². The van der Waals surface area contributed by atoms with Gasteiger partial charge in [-0.25, -0.2) is 4.79 Å². The molecule has 1 aliphatic carbocycles. The van der Waals surface area contributed by atoms with Crippen LogP contribution in [0, 0.1) is 17.2 Å². The van der Waals surface area contributed by atoms with Gasteiger partial charge in [0.15, 0.2) is 0 Å². The maximum atomic E-state index is 12.7. The van der Waals surface area contributed by atoms with Gasteiger partial charge >= 0.3 is 5.97 Å². The second-order valence-corrected chi connectivity index (χ2v) is 5.55. The summed E-state index contributed by atoms with van der Waals surface area (Å²) in [4.78, 5) is 25.9. The van der Waals surface area contributed by atoms with Gasteiger partial charge in [-0.2, -0.15) is 5.26 Å². The number of carbonyl (C=O) groups is 2. The molecule has 0 aliphatic heterocycles. The van der Waals surface area contributed by atoms with Gasteiger partial charge in [0.2, 0.25) is 0 Å². The number of hydrogen-bond acceptors (Lipinski definition) is 4. The minimum Gasteiger partial charge on any atom is -0.465 e. The first-order chi connectivity index (χ1) is 10.6. The highest BCUT2D eigenvalue weighted by Gasteiger charge is 2.34. The molecule has 1 aromatic carbocycles. The molecule has 0 heterocycles. The van der Waals surface area contributed by atoms with E-state index in [4.69, 9.17) is 5.26 Å². The molecule has 0 bridgehead atoms. The Balaban J connectivity index is 2.15. The standard InChI is InChI=1S/C17H20N2O3/c1-12(13-4-5-13)19(11-3-10-18)16(20)14-6-8-15(9-7-14)17(21)22-2/h6-9,12-13H,3-5,11H2,1-2H3/t12-/m0/s1. The Morgan fingerprint density at radius 2 is 1.91 bits per heavy atom. The van der Waals surface area contributed by atoms with Crippen molar-refractivity contribution < 1.29 is 14.3 Å². The summed E-state index contributed by atoms with van der Waals surface area (Å²) in [5, 5.41) is 8.79. The van der Waals surface area contributed by atoms with Crippen LogP contribution in [0.3, 0.4) is 0 Å². The lowest BCUT2D eigenvalue weighted by Crippen LogP contribution is -2.40. The quantitative estimate of drug-likeness (QED) is 0.757. The van der Waals surface area contributed by atoms with Crippen molar-refractivity contribution in [3.63, 3.8) is 0 Å². The maximum absolute atomic E-state index is 12.7. The predicted molar refractivity (Wildman–Crippen MR) is 81.2 cm³/mol. The van der Waals surface area contributed by atoms with E-state index in [-0.39, 0.29) is 11.9 Å². The smallest absolute Gasteiger partial charge is 0.337 e. The van der Waals surface area contributed by atoms with Crippen LogP contribution < -0.4 is 0 Å². The van der Waals surface area contributed by atoms with E-state index in [1.807, 2.05) is 6.92 Å². The van der Waals surface area contributed by atoms with Gasteiger partial charge < -0.3 is 9.64 Å². The number of ether oxygens (including phenoxy) is 1. The average Bonchev–Trinajstić information content (AvgIpc) is 3.39. The Hall–Kier alpha value is -2.35. The molecule has 2 rings (SSSR count). The maximum Gasteiger partial charge on any atom is 0.337 e. The van der Waals surface area contributed by atoms with Crippen LogP contribution in [-0.4, -0.2) is 36.5 Å². The average molecular weight is 300 g/mol. The first-order valence-corrected chi connectivity index (χ1v) is 7.44. The van der Waals surface area contributed by atoms with E-state index in [0.717, 1.165) is 12.8 Å². The van der Waals surface area contributed by atoms with Crippen LogP contribution in [0.15, 0.2) is 24.3 Å². The Labute approximate surface area is 130 Å². The molecule has 1 atom stereocenters. The van der Waals surface area contributed by atoms with Crippen molar-refractivity contribution in [2.75, 3.05) is 13.7 Å². The van der Waals surface area contributed by atoms with Crippen LogP contribution in [0.25, 0.3) is 0 Å². The van der Waals surface area contributed by atoms with Crippen molar-refractivity contribution in [1.29, 1.82) is 5.26 Å². The first-order valence-electron chi connectivity index (χ1n) is 7.44. The monoisotopic (exact) mass is 300 g/mol. The zero-order chi connectivity index (χ0) is 16.1. The summed E-state index contributed by atoms with van der Waals surface area (Å²) >= 11 is 0. The topological polar surface area (TPSA) is 70.4 Å². The molecular weight excluding hydrogens is 280 g/mol. The summed E-state index contributed by atoms with van der Waals surface area (Å²) < 4.78 is 4.64. The predicted octanol–water partition coefficient (Wildman–Crippen LogP) is 2.63. The van der Waals surface area contributed by atoms with Gasteiger partial charge in [-0.05, 0) is 49.9 Å². The van der Waals surface area contributed by atoms with Crippen LogP contribution in [0.1, 0.15) is 46.9 Å². The van der Waals surface area contributed by atoms with E-state index < -0.39 is 5.97 Å². The summed E-state index contributed by atoms with van der Waals surface area (Å²) in [6.07, 6.45) is 2.60. The minimum atomic E-state index is -0.424. The van der Waals surface area contributed by atoms with Crippen molar-refractivity contribution in [2.45, 2.75) is 32.2 Å². The van der Waals surface area contributed by atoms with Crippen LogP contribution in [-0.2, 0) is 4.74 Å². The molecule has 5 nitrogen and oxygen atoms in total. The second kappa shape index (κ2) is 7.08. The van der Waals surface area contributed by atoms with Gasteiger partial charge in [0, 0.05) is 18.2 Å². The Morgan fingerprint density at radius 3 is 2.41 bits per heavy atom. The Morgan fingerprint density at radius 1 is 1.32 bits per heavy atom. The van der Waals surface area contributed by atoms with Crippen molar-refractivity contribution in [3.05, 3.63) is 35.4 Å². The number of carbonyl (C=O) groups excluding carboxylic acids is 2. The van der Waals surface area contributed by atoms with Crippen molar-refractivity contribution in [2.24, 2.45) is 5.92 Å². The lowest BCUT2D eigenvalue weighted by Gasteiger charge is -2.29. The Bertz CT molecular complexity index is 585. The third-order valence-electron chi connectivity index (χ3n) is 4.07.